The van der Waals surface area contributed by atoms with E-state index in [-0.39, 0.29) is 26.7 Å². The Morgan fingerprint density at radius 3 is 2.24 bits per heavy atom. The zero-order valence-electron chi connectivity index (χ0n) is 16.4. The van der Waals surface area contributed by atoms with Gasteiger partial charge >= 0.3 is 12.1 Å². The minimum Gasteiger partial charge on any atom is -0.455 e. The van der Waals surface area contributed by atoms with E-state index in [1.165, 1.54) is 12.1 Å². The topological polar surface area (TPSA) is 84.9 Å². The highest BCUT2D eigenvalue weighted by Crippen LogP contribution is 2.32. The van der Waals surface area contributed by atoms with Crippen molar-refractivity contribution in [1.29, 1.82) is 0 Å². The highest BCUT2D eigenvalue weighted by atomic mass is 35.5. The van der Waals surface area contributed by atoms with Crippen LogP contribution in [-0.2, 0) is 19.1 Å². The number of amides is 2. The van der Waals surface area contributed by atoms with Gasteiger partial charge in [0.15, 0.2) is 6.61 Å². The van der Waals surface area contributed by atoms with Crippen LogP contribution in [-0.4, -0.2) is 48.2 Å². The Morgan fingerprint density at radius 1 is 1.07 bits per heavy atom. The van der Waals surface area contributed by atoms with Crippen molar-refractivity contribution >= 4 is 58.5 Å². The molecule has 160 valence electrons. The Kier molecular flexibility index (Phi) is 8.02. The monoisotopic (exact) mass is 464 g/mol. The van der Waals surface area contributed by atoms with E-state index < -0.39 is 30.2 Å². The predicted molar refractivity (Wildman–Crippen MR) is 112 cm³/mol. The van der Waals surface area contributed by atoms with E-state index in [1.807, 2.05) is 0 Å². The fraction of sp³-hybridized carbons (Fsp3) is 0.526. The third kappa shape index (κ3) is 7.24. The average Bonchev–Trinajstić information content (AvgIpc) is 2.63. The number of carbonyl (C=O) groups is 3. The number of benzene rings is 1. The molecule has 1 aromatic rings. The first-order valence-electron chi connectivity index (χ1n) is 9.05. The predicted octanol–water partition coefficient (Wildman–Crippen LogP) is 4.78. The van der Waals surface area contributed by atoms with Gasteiger partial charge in [-0.25, -0.2) is 4.79 Å². The molecule has 2 rings (SSSR count). The number of anilines is 1. The second kappa shape index (κ2) is 9.87. The summed E-state index contributed by atoms with van der Waals surface area (Å²) < 4.78 is 10.4. The minimum atomic E-state index is -0.572. The third-order valence-electron chi connectivity index (χ3n) is 4.11. The number of likely N-dealkylation sites (tertiary alicyclic amines) is 1. The van der Waals surface area contributed by atoms with Crippen molar-refractivity contribution in [3.63, 3.8) is 0 Å². The Bertz CT molecular complexity index is 787. The van der Waals surface area contributed by atoms with Gasteiger partial charge < -0.3 is 19.7 Å². The van der Waals surface area contributed by atoms with Gasteiger partial charge in [-0.2, -0.15) is 0 Å². The highest BCUT2D eigenvalue weighted by molar-refractivity contribution is 6.44. The van der Waals surface area contributed by atoms with E-state index in [4.69, 9.17) is 44.3 Å². The quantitative estimate of drug-likeness (QED) is 0.511. The maximum Gasteiger partial charge on any atom is 0.410 e. The molecule has 0 radical (unpaired) electrons. The van der Waals surface area contributed by atoms with Crippen LogP contribution in [0.3, 0.4) is 0 Å². The van der Waals surface area contributed by atoms with E-state index >= 15 is 0 Å². The number of rotatable bonds is 4. The number of esters is 1. The van der Waals surface area contributed by atoms with Gasteiger partial charge in [0.1, 0.15) is 5.60 Å². The van der Waals surface area contributed by atoms with E-state index in [0.717, 1.165) is 0 Å². The molecule has 1 aliphatic rings. The summed E-state index contributed by atoms with van der Waals surface area (Å²) >= 11 is 17.7. The number of piperidine rings is 1. The molecule has 0 unspecified atom stereocenters. The standard InChI is InChI=1S/C19H23Cl3N2O5/c1-19(2,3)29-18(27)24-6-4-11(5-7-24)17(26)28-10-16(25)23-15-9-13(21)12(20)8-14(15)22/h8-9,11H,4-7,10H2,1-3H3,(H,23,25). The van der Waals surface area contributed by atoms with Crippen molar-refractivity contribution in [3.05, 3.63) is 27.2 Å². The molecule has 1 aromatic carbocycles. The molecule has 0 atom stereocenters. The number of carbonyl (C=O) groups excluding carboxylic acids is 3. The fourth-order valence-corrected chi connectivity index (χ4v) is 3.28. The van der Waals surface area contributed by atoms with E-state index in [1.54, 1.807) is 25.7 Å². The van der Waals surface area contributed by atoms with Crippen LogP contribution in [0.4, 0.5) is 10.5 Å². The van der Waals surface area contributed by atoms with Crippen LogP contribution in [0.2, 0.25) is 15.1 Å². The number of nitrogens with one attached hydrogen (secondary N) is 1. The van der Waals surface area contributed by atoms with E-state index in [2.05, 4.69) is 5.32 Å². The molecule has 0 aromatic heterocycles. The molecular formula is C19H23Cl3N2O5. The van der Waals surface area contributed by atoms with Crippen LogP contribution < -0.4 is 5.32 Å². The number of nitrogens with zero attached hydrogens (tertiary/aromatic N) is 1. The Morgan fingerprint density at radius 2 is 1.66 bits per heavy atom. The molecule has 0 spiro atoms. The van der Waals surface area contributed by atoms with Crippen molar-refractivity contribution in [3.8, 4) is 0 Å². The Balaban J connectivity index is 1.78. The van der Waals surface area contributed by atoms with Crippen molar-refractivity contribution in [2.75, 3.05) is 25.0 Å². The highest BCUT2D eigenvalue weighted by Gasteiger charge is 2.31. The molecule has 7 nitrogen and oxygen atoms in total. The first kappa shape index (κ1) is 23.6. The van der Waals surface area contributed by atoms with Crippen LogP contribution in [0.15, 0.2) is 12.1 Å². The summed E-state index contributed by atoms with van der Waals surface area (Å²) in [6.07, 6.45) is 0.485. The van der Waals surface area contributed by atoms with Crippen LogP contribution in [0.25, 0.3) is 0 Å². The first-order chi connectivity index (χ1) is 13.5. The zero-order valence-corrected chi connectivity index (χ0v) is 18.7. The molecule has 1 aliphatic heterocycles. The second-order valence-electron chi connectivity index (χ2n) is 7.64. The molecule has 0 aliphatic carbocycles. The fourth-order valence-electron chi connectivity index (χ4n) is 2.68. The summed E-state index contributed by atoms with van der Waals surface area (Å²) in [7, 11) is 0. The van der Waals surface area contributed by atoms with Crippen LogP contribution >= 0.6 is 34.8 Å². The molecule has 0 saturated carbocycles. The van der Waals surface area contributed by atoms with Gasteiger partial charge in [0, 0.05) is 13.1 Å². The van der Waals surface area contributed by atoms with Gasteiger partial charge in [-0.1, -0.05) is 34.8 Å². The summed E-state index contributed by atoms with van der Waals surface area (Å²) in [5.41, 5.74) is -0.301. The van der Waals surface area contributed by atoms with Crippen LogP contribution in [0, 0.1) is 5.92 Å². The molecule has 1 N–H and O–H groups in total. The molecule has 1 fully saturated rings. The molecule has 10 heteroatoms. The van der Waals surface area contributed by atoms with Gasteiger partial charge in [0.05, 0.1) is 26.7 Å². The van der Waals surface area contributed by atoms with E-state index in [0.29, 0.717) is 25.9 Å². The van der Waals surface area contributed by atoms with Gasteiger partial charge in [-0.05, 0) is 45.7 Å². The smallest absolute Gasteiger partial charge is 0.410 e. The average molecular weight is 466 g/mol. The minimum absolute atomic E-state index is 0.216. The maximum atomic E-state index is 12.2. The van der Waals surface area contributed by atoms with Crippen LogP contribution in [0.5, 0.6) is 0 Å². The number of hydrogen-bond acceptors (Lipinski definition) is 5. The number of ether oxygens (including phenoxy) is 2. The van der Waals surface area contributed by atoms with Crippen molar-refractivity contribution in [2.45, 2.75) is 39.2 Å². The summed E-state index contributed by atoms with van der Waals surface area (Å²) in [5.74, 6) is -1.41. The molecule has 1 heterocycles. The molecular weight excluding hydrogens is 443 g/mol. The van der Waals surface area contributed by atoms with E-state index in [9.17, 15) is 14.4 Å². The third-order valence-corrected chi connectivity index (χ3v) is 5.14. The second-order valence-corrected chi connectivity index (χ2v) is 8.87. The lowest BCUT2D eigenvalue weighted by molar-refractivity contribution is -0.153. The summed E-state index contributed by atoms with van der Waals surface area (Å²) in [4.78, 5) is 37.9. The maximum absolute atomic E-state index is 12.2. The molecule has 1 saturated heterocycles. The molecule has 0 bridgehead atoms. The van der Waals surface area contributed by atoms with Gasteiger partial charge in [0.25, 0.3) is 5.91 Å². The largest absolute Gasteiger partial charge is 0.455 e. The van der Waals surface area contributed by atoms with Crippen molar-refractivity contribution < 1.29 is 23.9 Å². The van der Waals surface area contributed by atoms with Gasteiger partial charge in [-0.15, -0.1) is 0 Å². The lowest BCUT2D eigenvalue weighted by atomic mass is 9.97. The van der Waals surface area contributed by atoms with Gasteiger partial charge in [0.2, 0.25) is 0 Å². The van der Waals surface area contributed by atoms with Crippen molar-refractivity contribution in [2.24, 2.45) is 5.92 Å². The van der Waals surface area contributed by atoms with Crippen LogP contribution in [0.1, 0.15) is 33.6 Å². The summed E-state index contributed by atoms with van der Waals surface area (Å²) in [5, 5.41) is 3.23. The first-order valence-corrected chi connectivity index (χ1v) is 10.2. The zero-order chi connectivity index (χ0) is 21.8. The SMILES string of the molecule is CC(C)(C)OC(=O)N1CCC(C(=O)OCC(=O)Nc2cc(Cl)c(Cl)cc2Cl)CC1. The van der Waals surface area contributed by atoms with Gasteiger partial charge in [-0.3, -0.25) is 9.59 Å². The summed E-state index contributed by atoms with van der Waals surface area (Å²) in [6.45, 7) is 5.71. The normalized spacial score (nSPS) is 15.0. The lowest BCUT2D eigenvalue weighted by Crippen LogP contribution is -2.43. The summed E-state index contributed by atoms with van der Waals surface area (Å²) in [6, 6.07) is 2.82. The molecule has 29 heavy (non-hydrogen) atoms. The Hall–Kier alpha value is -1.70. The Labute approximate surface area is 184 Å². The molecule has 2 amide bonds. The number of hydrogen-bond donors (Lipinski definition) is 1. The lowest BCUT2D eigenvalue weighted by Gasteiger charge is -2.32. The number of halogens is 3. The van der Waals surface area contributed by atoms with Crippen molar-refractivity contribution in [1.82, 2.24) is 4.90 Å².